The van der Waals surface area contributed by atoms with E-state index in [1.807, 2.05) is 0 Å². The number of rotatable bonds is 6. The van der Waals surface area contributed by atoms with Crippen molar-refractivity contribution in [3.05, 3.63) is 0 Å². The van der Waals surface area contributed by atoms with Crippen molar-refractivity contribution in [1.82, 2.24) is 5.32 Å². The average Bonchev–Trinajstić information content (AvgIpc) is 2.21. The number of hydrogen-bond acceptors (Lipinski definition) is 2. The van der Waals surface area contributed by atoms with Gasteiger partial charge < -0.3 is 10.4 Å². The number of aliphatic hydroxyl groups is 1. The summed E-state index contributed by atoms with van der Waals surface area (Å²) in [5, 5.41) is 12.7. The molecule has 1 saturated heterocycles. The summed E-state index contributed by atoms with van der Waals surface area (Å²) in [5.41, 5.74) is 0. The molecule has 1 aliphatic heterocycles. The molecule has 1 heterocycles. The van der Waals surface area contributed by atoms with E-state index in [0.717, 1.165) is 19.4 Å². The van der Waals surface area contributed by atoms with Crippen LogP contribution in [0.3, 0.4) is 0 Å². The van der Waals surface area contributed by atoms with E-state index in [-0.39, 0.29) is 6.10 Å². The summed E-state index contributed by atoms with van der Waals surface area (Å²) >= 11 is 0. The Morgan fingerprint density at radius 1 is 1.14 bits per heavy atom. The van der Waals surface area contributed by atoms with Crippen molar-refractivity contribution in [3.8, 4) is 0 Å². The van der Waals surface area contributed by atoms with Crippen LogP contribution in [0, 0.1) is 0 Å². The predicted molar refractivity (Wildman–Crippen MR) is 60.4 cm³/mol. The Bertz CT molecular complexity index is 130. The van der Waals surface area contributed by atoms with E-state index in [4.69, 9.17) is 0 Å². The minimum atomic E-state index is -0.0914. The highest BCUT2D eigenvalue weighted by Crippen LogP contribution is 2.14. The fourth-order valence-electron chi connectivity index (χ4n) is 2.14. The van der Waals surface area contributed by atoms with Crippen LogP contribution in [0.2, 0.25) is 0 Å². The smallest absolute Gasteiger partial charge is 0.0665 e. The monoisotopic (exact) mass is 199 g/mol. The standard InChI is InChI=1S/C12H25NO/c1-2-3-4-5-6-7-11-8-9-12(14)10-13-11/h11-14H,2-10H2,1H3/t11-,12+/m1/s1. The Balaban J connectivity index is 1.91. The van der Waals surface area contributed by atoms with Gasteiger partial charge in [0.1, 0.15) is 0 Å². The van der Waals surface area contributed by atoms with E-state index in [0.29, 0.717) is 6.04 Å². The molecule has 14 heavy (non-hydrogen) atoms. The summed E-state index contributed by atoms with van der Waals surface area (Å²) in [6.07, 6.45) is 10.2. The van der Waals surface area contributed by atoms with Crippen molar-refractivity contribution in [2.75, 3.05) is 6.54 Å². The lowest BCUT2D eigenvalue weighted by atomic mass is 9.97. The summed E-state index contributed by atoms with van der Waals surface area (Å²) in [6, 6.07) is 0.681. The molecule has 0 aromatic rings. The van der Waals surface area contributed by atoms with E-state index >= 15 is 0 Å². The minimum Gasteiger partial charge on any atom is -0.392 e. The summed E-state index contributed by atoms with van der Waals surface area (Å²) in [4.78, 5) is 0. The van der Waals surface area contributed by atoms with Gasteiger partial charge in [0, 0.05) is 12.6 Å². The molecule has 2 heteroatoms. The fraction of sp³-hybridized carbons (Fsp3) is 1.00. The van der Waals surface area contributed by atoms with Crippen molar-refractivity contribution in [3.63, 3.8) is 0 Å². The van der Waals surface area contributed by atoms with Crippen LogP contribution in [0.5, 0.6) is 0 Å². The van der Waals surface area contributed by atoms with Crippen molar-refractivity contribution in [2.24, 2.45) is 0 Å². The molecule has 0 saturated carbocycles. The van der Waals surface area contributed by atoms with Crippen LogP contribution in [0.1, 0.15) is 58.3 Å². The molecule has 1 rings (SSSR count). The molecule has 84 valence electrons. The molecule has 0 amide bonds. The Morgan fingerprint density at radius 2 is 1.93 bits per heavy atom. The van der Waals surface area contributed by atoms with Crippen LogP contribution in [0.4, 0.5) is 0 Å². The summed E-state index contributed by atoms with van der Waals surface area (Å²) < 4.78 is 0. The second kappa shape index (κ2) is 7.24. The lowest BCUT2D eigenvalue weighted by Gasteiger charge is -2.26. The van der Waals surface area contributed by atoms with Crippen LogP contribution in [-0.4, -0.2) is 23.8 Å². The fourth-order valence-corrected chi connectivity index (χ4v) is 2.14. The third-order valence-electron chi connectivity index (χ3n) is 3.15. The Labute approximate surface area is 88.1 Å². The van der Waals surface area contributed by atoms with Crippen LogP contribution in [-0.2, 0) is 0 Å². The normalized spacial score (nSPS) is 27.9. The van der Waals surface area contributed by atoms with E-state index in [2.05, 4.69) is 12.2 Å². The van der Waals surface area contributed by atoms with Crippen molar-refractivity contribution in [2.45, 2.75) is 70.4 Å². The largest absolute Gasteiger partial charge is 0.392 e. The van der Waals surface area contributed by atoms with Gasteiger partial charge in [0.15, 0.2) is 0 Å². The molecule has 0 unspecified atom stereocenters. The lowest BCUT2D eigenvalue weighted by molar-refractivity contribution is 0.124. The van der Waals surface area contributed by atoms with Gasteiger partial charge in [-0.3, -0.25) is 0 Å². The van der Waals surface area contributed by atoms with Crippen molar-refractivity contribution in [1.29, 1.82) is 0 Å². The zero-order chi connectivity index (χ0) is 10.2. The van der Waals surface area contributed by atoms with Gasteiger partial charge in [0.05, 0.1) is 6.10 Å². The van der Waals surface area contributed by atoms with E-state index in [1.54, 1.807) is 0 Å². The third kappa shape index (κ3) is 4.97. The maximum atomic E-state index is 9.31. The molecule has 0 bridgehead atoms. The Kier molecular flexibility index (Phi) is 6.20. The molecule has 1 fully saturated rings. The molecule has 0 aromatic heterocycles. The topological polar surface area (TPSA) is 32.3 Å². The van der Waals surface area contributed by atoms with E-state index in [1.165, 1.54) is 38.5 Å². The Hall–Kier alpha value is -0.0800. The zero-order valence-corrected chi connectivity index (χ0v) is 9.47. The highest BCUT2D eigenvalue weighted by Gasteiger charge is 2.17. The number of nitrogens with one attached hydrogen (secondary N) is 1. The molecule has 2 atom stereocenters. The van der Waals surface area contributed by atoms with Crippen LogP contribution in [0.25, 0.3) is 0 Å². The first kappa shape index (κ1) is 12.0. The van der Waals surface area contributed by atoms with Gasteiger partial charge in [0.25, 0.3) is 0 Å². The minimum absolute atomic E-state index is 0.0914. The second-order valence-corrected chi connectivity index (χ2v) is 4.54. The van der Waals surface area contributed by atoms with Gasteiger partial charge in [-0.25, -0.2) is 0 Å². The Morgan fingerprint density at radius 3 is 2.57 bits per heavy atom. The number of piperidine rings is 1. The molecule has 0 aromatic carbocycles. The van der Waals surface area contributed by atoms with E-state index < -0.39 is 0 Å². The highest BCUT2D eigenvalue weighted by molar-refractivity contribution is 4.76. The van der Waals surface area contributed by atoms with E-state index in [9.17, 15) is 5.11 Å². The van der Waals surface area contributed by atoms with Gasteiger partial charge in [0.2, 0.25) is 0 Å². The second-order valence-electron chi connectivity index (χ2n) is 4.54. The number of unbranched alkanes of at least 4 members (excludes halogenated alkanes) is 4. The molecule has 2 N–H and O–H groups in total. The zero-order valence-electron chi connectivity index (χ0n) is 9.47. The highest BCUT2D eigenvalue weighted by atomic mass is 16.3. The van der Waals surface area contributed by atoms with Crippen LogP contribution in [0.15, 0.2) is 0 Å². The van der Waals surface area contributed by atoms with Crippen molar-refractivity contribution >= 4 is 0 Å². The van der Waals surface area contributed by atoms with Gasteiger partial charge in [-0.1, -0.05) is 39.0 Å². The maximum Gasteiger partial charge on any atom is 0.0665 e. The summed E-state index contributed by atoms with van der Waals surface area (Å²) in [7, 11) is 0. The average molecular weight is 199 g/mol. The molecular weight excluding hydrogens is 174 g/mol. The first-order chi connectivity index (χ1) is 6.83. The molecule has 2 nitrogen and oxygen atoms in total. The maximum absolute atomic E-state index is 9.31. The molecule has 0 radical (unpaired) electrons. The number of aliphatic hydroxyl groups excluding tert-OH is 1. The quantitative estimate of drug-likeness (QED) is 0.644. The van der Waals surface area contributed by atoms with Gasteiger partial charge in [-0.05, 0) is 19.3 Å². The number of hydrogen-bond donors (Lipinski definition) is 2. The third-order valence-corrected chi connectivity index (χ3v) is 3.15. The molecular formula is C12H25NO. The summed E-state index contributed by atoms with van der Waals surface area (Å²) in [5.74, 6) is 0. The van der Waals surface area contributed by atoms with Crippen LogP contribution < -0.4 is 5.32 Å². The predicted octanol–water partition coefficient (Wildman–Crippen LogP) is 2.46. The first-order valence-corrected chi connectivity index (χ1v) is 6.24. The van der Waals surface area contributed by atoms with Crippen molar-refractivity contribution < 1.29 is 5.11 Å². The van der Waals surface area contributed by atoms with Gasteiger partial charge in [-0.15, -0.1) is 0 Å². The first-order valence-electron chi connectivity index (χ1n) is 6.24. The number of β-amino-alcohol motifs (C(OH)–C–C–N with tert-alkyl or cyclic N) is 1. The SMILES string of the molecule is CCCCCCC[C@@H]1CC[C@H](O)CN1. The van der Waals surface area contributed by atoms with Crippen LogP contribution >= 0.6 is 0 Å². The molecule has 0 spiro atoms. The van der Waals surface area contributed by atoms with Gasteiger partial charge in [-0.2, -0.15) is 0 Å². The summed E-state index contributed by atoms with van der Waals surface area (Å²) in [6.45, 7) is 3.06. The lowest BCUT2D eigenvalue weighted by Crippen LogP contribution is -2.41. The van der Waals surface area contributed by atoms with Gasteiger partial charge >= 0.3 is 0 Å². The molecule has 0 aliphatic carbocycles. The molecule has 1 aliphatic rings.